The van der Waals surface area contributed by atoms with Crippen LogP contribution in [0.4, 0.5) is 28.4 Å². The van der Waals surface area contributed by atoms with Gasteiger partial charge < -0.3 is 9.64 Å². The molecule has 0 unspecified atom stereocenters. The fourth-order valence-corrected chi connectivity index (χ4v) is 2.69. The maximum atomic E-state index is 10.9. The molecule has 0 heterocycles. The number of rotatable bonds is 6. The van der Waals surface area contributed by atoms with Crippen molar-refractivity contribution in [3.05, 3.63) is 93.0 Å². The number of non-ortho nitro benzene ring substituents is 2. The third-order valence-electron chi connectivity index (χ3n) is 3.96. The summed E-state index contributed by atoms with van der Waals surface area (Å²) in [5, 5.41) is 21.9. The molecule has 0 spiro atoms. The molecule has 27 heavy (non-hydrogen) atoms. The number of para-hydroxylation sites is 2. The average molecular weight is 365 g/mol. The van der Waals surface area contributed by atoms with Crippen molar-refractivity contribution in [2.45, 2.75) is 0 Å². The molecule has 0 N–H and O–H groups in total. The quantitative estimate of drug-likeness (QED) is 0.451. The maximum Gasteiger partial charge on any atom is 0.269 e. The molecule has 0 saturated carbocycles. The van der Waals surface area contributed by atoms with Crippen molar-refractivity contribution in [1.29, 1.82) is 0 Å². The SMILES string of the molecule is COc1ccccc1N(c1ccc([N+](=O)[O-])cc1)c1ccc([N+](=O)[O-])cc1. The van der Waals surface area contributed by atoms with Crippen LogP contribution in [-0.4, -0.2) is 17.0 Å². The zero-order valence-electron chi connectivity index (χ0n) is 14.3. The lowest BCUT2D eigenvalue weighted by molar-refractivity contribution is -0.385. The Balaban J connectivity index is 2.14. The largest absolute Gasteiger partial charge is 0.495 e. The highest BCUT2D eigenvalue weighted by Gasteiger charge is 2.18. The molecule has 0 radical (unpaired) electrons. The molecule has 3 aromatic carbocycles. The summed E-state index contributed by atoms with van der Waals surface area (Å²) in [5.41, 5.74) is 1.95. The Hall–Kier alpha value is -3.94. The second-order valence-corrected chi connectivity index (χ2v) is 5.55. The number of nitrogens with zero attached hydrogens (tertiary/aromatic N) is 3. The number of nitro groups is 2. The van der Waals surface area contributed by atoms with Crippen LogP contribution in [0, 0.1) is 20.2 Å². The van der Waals surface area contributed by atoms with Crippen molar-refractivity contribution in [3.8, 4) is 5.75 Å². The van der Waals surface area contributed by atoms with Gasteiger partial charge in [0.05, 0.1) is 22.6 Å². The summed E-state index contributed by atoms with van der Waals surface area (Å²) < 4.78 is 5.44. The van der Waals surface area contributed by atoms with Crippen LogP contribution in [0.15, 0.2) is 72.8 Å². The third kappa shape index (κ3) is 3.69. The number of nitro benzene ring substituents is 2. The summed E-state index contributed by atoms with van der Waals surface area (Å²) in [6.45, 7) is 0. The van der Waals surface area contributed by atoms with Crippen LogP contribution in [-0.2, 0) is 0 Å². The number of hydrogen-bond donors (Lipinski definition) is 0. The van der Waals surface area contributed by atoms with Crippen molar-refractivity contribution >= 4 is 28.4 Å². The van der Waals surface area contributed by atoms with Crippen LogP contribution >= 0.6 is 0 Å². The third-order valence-corrected chi connectivity index (χ3v) is 3.96. The van der Waals surface area contributed by atoms with Crippen LogP contribution in [0.5, 0.6) is 5.75 Å². The fourth-order valence-electron chi connectivity index (χ4n) is 2.69. The molecule has 8 heteroatoms. The van der Waals surface area contributed by atoms with E-state index in [0.717, 1.165) is 0 Å². The summed E-state index contributed by atoms with van der Waals surface area (Å²) in [4.78, 5) is 22.7. The van der Waals surface area contributed by atoms with Crippen LogP contribution in [0.25, 0.3) is 0 Å². The zero-order chi connectivity index (χ0) is 19.4. The van der Waals surface area contributed by atoms with E-state index in [4.69, 9.17) is 4.74 Å². The molecule has 3 aromatic rings. The number of benzene rings is 3. The molecular formula is C19H15N3O5. The van der Waals surface area contributed by atoms with Gasteiger partial charge in [-0.05, 0) is 36.4 Å². The number of hydrogen-bond acceptors (Lipinski definition) is 6. The van der Waals surface area contributed by atoms with Crippen molar-refractivity contribution in [2.75, 3.05) is 12.0 Å². The minimum Gasteiger partial charge on any atom is -0.495 e. The van der Waals surface area contributed by atoms with Gasteiger partial charge in [0, 0.05) is 35.6 Å². The number of anilines is 3. The first-order valence-corrected chi connectivity index (χ1v) is 7.93. The monoisotopic (exact) mass is 365 g/mol. The first-order chi connectivity index (χ1) is 13.0. The average Bonchev–Trinajstić information content (AvgIpc) is 2.69. The second kappa shape index (κ2) is 7.52. The van der Waals surface area contributed by atoms with Gasteiger partial charge >= 0.3 is 0 Å². The summed E-state index contributed by atoms with van der Waals surface area (Å²) in [5.74, 6) is 0.592. The smallest absolute Gasteiger partial charge is 0.269 e. The van der Waals surface area contributed by atoms with Gasteiger partial charge in [-0.3, -0.25) is 20.2 Å². The Morgan fingerprint density at radius 3 is 1.59 bits per heavy atom. The minimum atomic E-state index is -0.469. The predicted molar refractivity (Wildman–Crippen MR) is 101 cm³/mol. The lowest BCUT2D eigenvalue weighted by Gasteiger charge is -2.26. The zero-order valence-corrected chi connectivity index (χ0v) is 14.3. The predicted octanol–water partition coefficient (Wildman–Crippen LogP) is 4.98. The molecule has 0 aliphatic heterocycles. The molecule has 0 aromatic heterocycles. The molecule has 0 saturated heterocycles. The van der Waals surface area contributed by atoms with E-state index in [1.807, 2.05) is 23.1 Å². The van der Waals surface area contributed by atoms with Crippen LogP contribution in [0.1, 0.15) is 0 Å². The molecule has 0 aliphatic rings. The number of methoxy groups -OCH3 is 1. The first-order valence-electron chi connectivity index (χ1n) is 7.93. The van der Waals surface area contributed by atoms with Gasteiger partial charge in [-0.2, -0.15) is 0 Å². The Bertz CT molecular complexity index is 914. The molecule has 0 fully saturated rings. The van der Waals surface area contributed by atoms with E-state index in [1.165, 1.54) is 24.3 Å². The Labute approximate surface area is 154 Å². The molecule has 0 aliphatic carbocycles. The van der Waals surface area contributed by atoms with E-state index in [0.29, 0.717) is 22.8 Å². The van der Waals surface area contributed by atoms with Crippen molar-refractivity contribution in [2.24, 2.45) is 0 Å². The maximum absolute atomic E-state index is 10.9. The fraction of sp³-hybridized carbons (Fsp3) is 0.0526. The van der Waals surface area contributed by atoms with Crippen molar-refractivity contribution in [3.63, 3.8) is 0 Å². The van der Waals surface area contributed by atoms with E-state index < -0.39 is 9.85 Å². The molecule has 0 atom stereocenters. The number of ether oxygens (including phenoxy) is 1. The van der Waals surface area contributed by atoms with Gasteiger partial charge in [-0.25, -0.2) is 0 Å². The molecule has 3 rings (SSSR count). The second-order valence-electron chi connectivity index (χ2n) is 5.55. The van der Waals surface area contributed by atoms with Gasteiger partial charge in [0.15, 0.2) is 0 Å². The van der Waals surface area contributed by atoms with Gasteiger partial charge in [0.25, 0.3) is 11.4 Å². The van der Waals surface area contributed by atoms with Crippen LogP contribution in [0.3, 0.4) is 0 Å². The Morgan fingerprint density at radius 1 is 0.741 bits per heavy atom. The highest BCUT2D eigenvalue weighted by Crippen LogP contribution is 2.40. The van der Waals surface area contributed by atoms with E-state index in [-0.39, 0.29) is 11.4 Å². The molecular weight excluding hydrogens is 350 g/mol. The van der Waals surface area contributed by atoms with Crippen molar-refractivity contribution < 1.29 is 14.6 Å². The van der Waals surface area contributed by atoms with E-state index in [9.17, 15) is 20.2 Å². The topological polar surface area (TPSA) is 98.8 Å². The molecule has 0 amide bonds. The van der Waals surface area contributed by atoms with Crippen LogP contribution in [0.2, 0.25) is 0 Å². The highest BCUT2D eigenvalue weighted by atomic mass is 16.6. The van der Waals surface area contributed by atoms with E-state index >= 15 is 0 Å². The highest BCUT2D eigenvalue weighted by molar-refractivity contribution is 5.80. The molecule has 8 nitrogen and oxygen atoms in total. The van der Waals surface area contributed by atoms with Gasteiger partial charge in [0.1, 0.15) is 5.75 Å². The van der Waals surface area contributed by atoms with Gasteiger partial charge in [-0.15, -0.1) is 0 Å². The summed E-state index contributed by atoms with van der Waals surface area (Å²) >= 11 is 0. The molecule has 136 valence electrons. The summed E-state index contributed by atoms with van der Waals surface area (Å²) in [7, 11) is 1.54. The Kier molecular flexibility index (Phi) is 4.98. The standard InChI is InChI=1S/C19H15N3O5/c1-27-19-5-3-2-4-18(19)20(14-6-10-16(11-7-14)21(23)24)15-8-12-17(13-9-15)22(25)26/h2-13H,1H3. The van der Waals surface area contributed by atoms with Crippen LogP contribution < -0.4 is 9.64 Å². The molecule has 0 bridgehead atoms. The van der Waals surface area contributed by atoms with E-state index in [1.54, 1.807) is 37.4 Å². The first kappa shape index (κ1) is 17.9. The summed E-state index contributed by atoms with van der Waals surface area (Å²) in [6.07, 6.45) is 0. The lowest BCUT2D eigenvalue weighted by atomic mass is 10.1. The van der Waals surface area contributed by atoms with Crippen molar-refractivity contribution in [1.82, 2.24) is 0 Å². The van der Waals surface area contributed by atoms with Gasteiger partial charge in [0.2, 0.25) is 0 Å². The minimum absolute atomic E-state index is 0.0255. The van der Waals surface area contributed by atoms with E-state index in [2.05, 4.69) is 0 Å². The lowest BCUT2D eigenvalue weighted by Crippen LogP contribution is -2.11. The summed E-state index contributed by atoms with van der Waals surface area (Å²) in [6, 6.07) is 19.4. The normalized spacial score (nSPS) is 10.3. The Morgan fingerprint density at radius 2 is 1.19 bits per heavy atom. The van der Waals surface area contributed by atoms with Gasteiger partial charge in [-0.1, -0.05) is 12.1 Å².